The normalized spacial score (nSPS) is 20.2. The molecule has 1 aliphatic rings. The monoisotopic (exact) mass is 392 g/mol. The third-order valence-electron chi connectivity index (χ3n) is 4.68. The van der Waals surface area contributed by atoms with Gasteiger partial charge in [0, 0.05) is 11.4 Å². The van der Waals surface area contributed by atoms with Crippen LogP contribution in [-0.4, -0.2) is 42.1 Å². The Bertz CT molecular complexity index is 970. The van der Waals surface area contributed by atoms with Crippen LogP contribution in [0, 0.1) is 20.8 Å². The standard InChI is InChI=1S/C19H24N2O3S2/c1-11-7-13(3)18-16(8-11)12(2)9-17(21-18)25-14(4)19(22)20-15-5-6-26(23,24)10-15/h7-9,14-15H,5-6,10H2,1-4H3,(H,20,22)/t14-,15-/m0/s1. The lowest BCUT2D eigenvalue weighted by Crippen LogP contribution is -2.39. The van der Waals surface area contributed by atoms with Crippen molar-refractivity contribution in [3.8, 4) is 0 Å². The summed E-state index contributed by atoms with van der Waals surface area (Å²) in [4.78, 5) is 17.2. The number of amides is 1. The second-order valence-electron chi connectivity index (χ2n) is 7.12. The van der Waals surface area contributed by atoms with Crippen molar-refractivity contribution in [3.05, 3.63) is 34.9 Å². The van der Waals surface area contributed by atoms with Crippen molar-refractivity contribution in [2.24, 2.45) is 0 Å². The average molecular weight is 393 g/mol. The Hall–Kier alpha value is -1.60. The minimum Gasteiger partial charge on any atom is -0.351 e. The summed E-state index contributed by atoms with van der Waals surface area (Å²) in [6.07, 6.45) is 0.497. The van der Waals surface area contributed by atoms with E-state index in [9.17, 15) is 13.2 Å². The van der Waals surface area contributed by atoms with Crippen molar-refractivity contribution in [1.29, 1.82) is 0 Å². The van der Waals surface area contributed by atoms with E-state index in [0.29, 0.717) is 6.42 Å². The molecular formula is C19H24N2O3S2. The molecule has 2 atom stereocenters. The summed E-state index contributed by atoms with van der Waals surface area (Å²) < 4.78 is 23.1. The molecule has 1 amide bonds. The van der Waals surface area contributed by atoms with Crippen molar-refractivity contribution in [3.63, 3.8) is 0 Å². The van der Waals surface area contributed by atoms with Gasteiger partial charge in [-0.1, -0.05) is 23.4 Å². The molecule has 0 bridgehead atoms. The average Bonchev–Trinajstić information content (AvgIpc) is 2.87. The van der Waals surface area contributed by atoms with Gasteiger partial charge < -0.3 is 5.32 Å². The van der Waals surface area contributed by atoms with E-state index >= 15 is 0 Å². The highest BCUT2D eigenvalue weighted by atomic mass is 32.2. The highest BCUT2D eigenvalue weighted by Crippen LogP contribution is 2.29. The zero-order valence-corrected chi connectivity index (χ0v) is 17.1. The molecule has 2 aromatic rings. The third-order valence-corrected chi connectivity index (χ3v) is 7.46. The summed E-state index contributed by atoms with van der Waals surface area (Å²) in [5.74, 6) is 0.0586. The number of pyridine rings is 1. The fourth-order valence-corrected chi connectivity index (χ4v) is 5.94. The summed E-state index contributed by atoms with van der Waals surface area (Å²) in [5, 5.41) is 4.47. The van der Waals surface area contributed by atoms with Gasteiger partial charge in [-0.25, -0.2) is 13.4 Å². The van der Waals surface area contributed by atoms with Crippen molar-refractivity contribution >= 4 is 38.4 Å². The van der Waals surface area contributed by atoms with Crippen LogP contribution < -0.4 is 5.32 Å². The van der Waals surface area contributed by atoms with Crippen LogP contribution in [0.4, 0.5) is 0 Å². The Balaban J connectivity index is 1.75. The van der Waals surface area contributed by atoms with E-state index in [4.69, 9.17) is 4.98 Å². The Morgan fingerprint density at radius 1 is 1.23 bits per heavy atom. The van der Waals surface area contributed by atoms with Crippen molar-refractivity contribution in [1.82, 2.24) is 10.3 Å². The van der Waals surface area contributed by atoms with Gasteiger partial charge in [-0.15, -0.1) is 0 Å². The molecule has 0 saturated carbocycles. The summed E-state index contributed by atoms with van der Waals surface area (Å²) in [5.41, 5.74) is 4.43. The number of aromatic nitrogens is 1. The van der Waals surface area contributed by atoms with Gasteiger partial charge in [0.15, 0.2) is 9.84 Å². The smallest absolute Gasteiger partial charge is 0.233 e. The van der Waals surface area contributed by atoms with Crippen molar-refractivity contribution < 1.29 is 13.2 Å². The SMILES string of the molecule is Cc1cc(C)c2nc(S[C@@H](C)C(=O)N[C@H]3CCS(=O)(=O)C3)cc(C)c2c1. The molecule has 1 fully saturated rings. The number of hydrogen-bond acceptors (Lipinski definition) is 5. The maximum absolute atomic E-state index is 12.4. The number of thioether (sulfide) groups is 1. The molecule has 0 radical (unpaired) electrons. The van der Waals surface area contributed by atoms with Gasteiger partial charge in [0.2, 0.25) is 5.91 Å². The molecule has 7 heteroatoms. The number of sulfone groups is 1. The Kier molecular flexibility index (Phi) is 5.30. The lowest BCUT2D eigenvalue weighted by atomic mass is 10.0. The zero-order valence-electron chi connectivity index (χ0n) is 15.5. The predicted molar refractivity (Wildman–Crippen MR) is 106 cm³/mol. The summed E-state index contributed by atoms with van der Waals surface area (Å²) in [6, 6.07) is 5.98. The fourth-order valence-electron chi connectivity index (χ4n) is 3.34. The number of carbonyl (C=O) groups excluding carboxylic acids is 1. The van der Waals surface area contributed by atoms with Gasteiger partial charge in [-0.2, -0.15) is 0 Å². The number of nitrogens with one attached hydrogen (secondary N) is 1. The first kappa shape index (κ1) is 19.2. The molecule has 26 heavy (non-hydrogen) atoms. The summed E-state index contributed by atoms with van der Waals surface area (Å²) in [6.45, 7) is 8.00. The Morgan fingerprint density at radius 2 is 1.96 bits per heavy atom. The second kappa shape index (κ2) is 7.19. The lowest BCUT2D eigenvalue weighted by molar-refractivity contribution is -0.120. The van der Waals surface area contributed by atoms with Crippen LogP contribution >= 0.6 is 11.8 Å². The predicted octanol–water partition coefficient (Wildman–Crippen LogP) is 2.94. The molecule has 5 nitrogen and oxygen atoms in total. The highest BCUT2D eigenvalue weighted by molar-refractivity contribution is 8.00. The van der Waals surface area contributed by atoms with E-state index in [1.54, 1.807) is 0 Å². The first-order chi connectivity index (χ1) is 12.1. The molecular weight excluding hydrogens is 368 g/mol. The quantitative estimate of drug-likeness (QED) is 0.810. The maximum atomic E-state index is 12.4. The largest absolute Gasteiger partial charge is 0.351 e. The van der Waals surface area contributed by atoms with Crippen LogP contribution in [0.1, 0.15) is 30.0 Å². The van der Waals surface area contributed by atoms with Crippen LogP contribution in [0.25, 0.3) is 10.9 Å². The number of rotatable bonds is 4. The van der Waals surface area contributed by atoms with Crippen LogP contribution in [-0.2, 0) is 14.6 Å². The molecule has 1 aliphatic heterocycles. The van der Waals surface area contributed by atoms with Crippen LogP contribution in [0.3, 0.4) is 0 Å². The van der Waals surface area contributed by atoms with Gasteiger partial charge in [-0.3, -0.25) is 4.79 Å². The molecule has 1 aromatic carbocycles. The van der Waals surface area contributed by atoms with Crippen molar-refractivity contribution in [2.75, 3.05) is 11.5 Å². The number of fused-ring (bicyclic) bond motifs is 1. The van der Waals surface area contributed by atoms with Gasteiger partial charge >= 0.3 is 0 Å². The topological polar surface area (TPSA) is 76.1 Å². The van der Waals surface area contributed by atoms with E-state index < -0.39 is 9.84 Å². The van der Waals surface area contributed by atoms with Gasteiger partial charge in [0.1, 0.15) is 0 Å². The number of benzene rings is 1. The summed E-state index contributed by atoms with van der Waals surface area (Å²) in [7, 11) is -3.00. The molecule has 1 saturated heterocycles. The van der Waals surface area contributed by atoms with E-state index in [1.807, 2.05) is 19.9 Å². The molecule has 0 unspecified atom stereocenters. The van der Waals surface area contributed by atoms with E-state index in [1.165, 1.54) is 17.3 Å². The molecule has 0 aliphatic carbocycles. The first-order valence-electron chi connectivity index (χ1n) is 8.71. The second-order valence-corrected chi connectivity index (χ2v) is 10.7. The van der Waals surface area contributed by atoms with Crippen LogP contribution in [0.15, 0.2) is 23.2 Å². The minimum absolute atomic E-state index is 0.0437. The van der Waals surface area contributed by atoms with E-state index in [2.05, 4.69) is 31.3 Å². The highest BCUT2D eigenvalue weighted by Gasteiger charge is 2.30. The molecule has 3 rings (SSSR count). The van der Waals surface area contributed by atoms with Crippen LogP contribution in [0.2, 0.25) is 0 Å². The Morgan fingerprint density at radius 3 is 2.62 bits per heavy atom. The molecule has 0 spiro atoms. The van der Waals surface area contributed by atoms with Gasteiger partial charge in [-0.05, 0) is 57.4 Å². The maximum Gasteiger partial charge on any atom is 0.233 e. The Labute approximate surface area is 158 Å². The number of nitrogens with zero attached hydrogens (tertiary/aromatic N) is 1. The summed E-state index contributed by atoms with van der Waals surface area (Å²) >= 11 is 1.40. The van der Waals surface area contributed by atoms with Crippen molar-refractivity contribution in [2.45, 2.75) is 50.4 Å². The third kappa shape index (κ3) is 4.20. The molecule has 2 heterocycles. The minimum atomic E-state index is -3.00. The molecule has 1 aromatic heterocycles. The van der Waals surface area contributed by atoms with E-state index in [-0.39, 0.29) is 28.7 Å². The van der Waals surface area contributed by atoms with E-state index in [0.717, 1.165) is 27.1 Å². The first-order valence-corrected chi connectivity index (χ1v) is 11.4. The number of hydrogen-bond donors (Lipinski definition) is 1. The number of aryl methyl sites for hydroxylation is 3. The molecule has 1 N–H and O–H groups in total. The van der Waals surface area contributed by atoms with Crippen LogP contribution in [0.5, 0.6) is 0 Å². The zero-order chi connectivity index (χ0) is 19.1. The van der Waals surface area contributed by atoms with Gasteiger partial charge in [0.25, 0.3) is 0 Å². The fraction of sp³-hybridized carbons (Fsp3) is 0.474. The number of carbonyl (C=O) groups is 1. The molecule has 140 valence electrons. The lowest BCUT2D eigenvalue weighted by Gasteiger charge is -2.16. The van der Waals surface area contributed by atoms with Gasteiger partial charge in [0.05, 0.1) is 27.3 Å².